The molecule has 174 valence electrons. The number of rotatable bonds is 7. The number of anilines is 1. The van der Waals surface area contributed by atoms with Crippen molar-refractivity contribution in [1.82, 2.24) is 9.29 Å². The molecule has 1 amide bonds. The molecule has 0 radical (unpaired) electrons. The monoisotopic (exact) mass is 487 g/mol. The zero-order valence-electron chi connectivity index (χ0n) is 18.4. The number of sulfonamides is 1. The van der Waals surface area contributed by atoms with Gasteiger partial charge in [-0.05, 0) is 56.3 Å². The van der Waals surface area contributed by atoms with Crippen molar-refractivity contribution in [2.45, 2.75) is 18.7 Å². The molecule has 2 aromatic carbocycles. The van der Waals surface area contributed by atoms with E-state index in [0.717, 1.165) is 21.9 Å². The zero-order valence-corrected chi connectivity index (χ0v) is 20.0. The number of benzene rings is 2. The summed E-state index contributed by atoms with van der Waals surface area (Å²) in [5, 5.41) is 3.24. The Kier molecular flexibility index (Phi) is 7.08. The van der Waals surface area contributed by atoms with Crippen molar-refractivity contribution in [3.63, 3.8) is 0 Å². The first-order valence-electron chi connectivity index (χ1n) is 10.6. The first kappa shape index (κ1) is 23.4. The molecule has 1 aromatic heterocycles. The highest BCUT2D eigenvalue weighted by atomic mass is 32.2. The minimum atomic E-state index is -3.69. The molecular weight excluding hydrogens is 462 g/mol. The van der Waals surface area contributed by atoms with E-state index in [9.17, 15) is 13.2 Å². The summed E-state index contributed by atoms with van der Waals surface area (Å²) in [5.74, 6) is 0.371. The van der Waals surface area contributed by atoms with E-state index in [1.165, 1.54) is 27.8 Å². The lowest BCUT2D eigenvalue weighted by Gasteiger charge is -2.26. The van der Waals surface area contributed by atoms with Crippen molar-refractivity contribution < 1.29 is 22.7 Å². The van der Waals surface area contributed by atoms with Crippen LogP contribution in [0.5, 0.6) is 5.75 Å². The molecule has 0 bridgehead atoms. The van der Waals surface area contributed by atoms with Gasteiger partial charge in [-0.25, -0.2) is 13.4 Å². The lowest BCUT2D eigenvalue weighted by molar-refractivity contribution is 0.0730. The molecule has 3 aromatic rings. The molecule has 0 unspecified atom stereocenters. The van der Waals surface area contributed by atoms with Crippen LogP contribution in [0.2, 0.25) is 0 Å². The molecule has 1 aliphatic heterocycles. The van der Waals surface area contributed by atoms with Gasteiger partial charge in [0, 0.05) is 29.1 Å². The van der Waals surface area contributed by atoms with Crippen molar-refractivity contribution in [2.24, 2.45) is 0 Å². The smallest absolute Gasteiger partial charge is 0.257 e. The maximum absolute atomic E-state index is 12.9. The minimum absolute atomic E-state index is 0.0856. The average Bonchev–Trinajstić information content (AvgIpc) is 3.20. The van der Waals surface area contributed by atoms with Crippen LogP contribution in [0.15, 0.2) is 53.4 Å². The number of ether oxygens (including phenoxy) is 2. The van der Waals surface area contributed by atoms with Crippen LogP contribution in [0.4, 0.5) is 5.13 Å². The number of nitrogens with zero attached hydrogens (tertiary/aromatic N) is 2. The third kappa shape index (κ3) is 5.25. The number of thiazole rings is 1. The number of aromatic nitrogens is 1. The van der Waals surface area contributed by atoms with E-state index < -0.39 is 15.9 Å². The van der Waals surface area contributed by atoms with Crippen molar-refractivity contribution in [2.75, 3.05) is 38.2 Å². The van der Waals surface area contributed by atoms with E-state index in [4.69, 9.17) is 9.47 Å². The maximum atomic E-state index is 12.9. The van der Waals surface area contributed by atoms with Crippen LogP contribution < -0.4 is 10.1 Å². The van der Waals surface area contributed by atoms with Gasteiger partial charge in [0.05, 0.1) is 30.4 Å². The van der Waals surface area contributed by atoms with Crippen molar-refractivity contribution in [3.8, 4) is 17.0 Å². The van der Waals surface area contributed by atoms with Crippen LogP contribution >= 0.6 is 11.3 Å². The second-order valence-electron chi connectivity index (χ2n) is 7.38. The highest BCUT2D eigenvalue weighted by Crippen LogP contribution is 2.31. The summed E-state index contributed by atoms with van der Waals surface area (Å²) in [7, 11) is -3.69. The molecule has 0 saturated carbocycles. The van der Waals surface area contributed by atoms with E-state index in [1.807, 2.05) is 38.1 Å². The van der Waals surface area contributed by atoms with Gasteiger partial charge >= 0.3 is 0 Å². The zero-order chi connectivity index (χ0) is 23.4. The number of hydrogen-bond donors (Lipinski definition) is 1. The molecule has 33 heavy (non-hydrogen) atoms. The summed E-state index contributed by atoms with van der Waals surface area (Å²) < 4.78 is 37.9. The molecule has 1 N–H and O–H groups in total. The van der Waals surface area contributed by atoms with Crippen molar-refractivity contribution in [3.05, 3.63) is 59.0 Å². The fraction of sp³-hybridized carbons (Fsp3) is 0.304. The summed E-state index contributed by atoms with van der Waals surface area (Å²) in [6, 6.07) is 13.7. The highest BCUT2D eigenvalue weighted by Gasteiger charge is 2.27. The van der Waals surface area contributed by atoms with Crippen LogP contribution in [0.3, 0.4) is 0 Å². The Morgan fingerprint density at radius 3 is 2.61 bits per heavy atom. The van der Waals surface area contributed by atoms with Gasteiger partial charge in [0.25, 0.3) is 5.91 Å². The third-order valence-electron chi connectivity index (χ3n) is 5.16. The van der Waals surface area contributed by atoms with Crippen molar-refractivity contribution >= 4 is 32.4 Å². The molecule has 1 saturated heterocycles. The lowest BCUT2D eigenvalue weighted by atomic mass is 10.1. The minimum Gasteiger partial charge on any atom is -0.494 e. The molecule has 2 heterocycles. The fourth-order valence-corrected chi connectivity index (χ4v) is 5.78. The topological polar surface area (TPSA) is 97.8 Å². The quantitative estimate of drug-likeness (QED) is 0.545. The highest BCUT2D eigenvalue weighted by molar-refractivity contribution is 7.89. The number of carbonyl (C=O) groups is 1. The van der Waals surface area contributed by atoms with Crippen LogP contribution in [0.25, 0.3) is 11.3 Å². The van der Waals surface area contributed by atoms with Crippen LogP contribution in [0.1, 0.15) is 22.2 Å². The Balaban J connectivity index is 1.51. The van der Waals surface area contributed by atoms with E-state index in [0.29, 0.717) is 38.0 Å². The predicted octanol–water partition coefficient (Wildman–Crippen LogP) is 3.79. The molecule has 1 aliphatic rings. The number of hydrogen-bond acceptors (Lipinski definition) is 7. The van der Waals surface area contributed by atoms with Gasteiger partial charge in [-0.2, -0.15) is 4.31 Å². The number of nitrogens with one attached hydrogen (secondary N) is 1. The molecule has 0 aliphatic carbocycles. The van der Waals surface area contributed by atoms with Gasteiger partial charge in [-0.1, -0.05) is 6.07 Å². The van der Waals surface area contributed by atoms with Crippen LogP contribution in [-0.2, 0) is 14.8 Å². The Labute approximate surface area is 197 Å². The molecule has 1 fully saturated rings. The van der Waals surface area contributed by atoms with Gasteiger partial charge in [0.2, 0.25) is 10.0 Å². The normalized spacial score (nSPS) is 14.7. The number of carbonyl (C=O) groups excluding carboxylic acids is 1. The van der Waals surface area contributed by atoms with E-state index >= 15 is 0 Å². The first-order valence-corrected chi connectivity index (χ1v) is 12.8. The average molecular weight is 488 g/mol. The number of amides is 1. The summed E-state index contributed by atoms with van der Waals surface area (Å²) >= 11 is 1.36. The largest absolute Gasteiger partial charge is 0.494 e. The van der Waals surface area contributed by atoms with Gasteiger partial charge in [0.1, 0.15) is 5.75 Å². The number of morpholine rings is 1. The second kappa shape index (κ2) is 10.0. The Bertz CT molecular complexity index is 1230. The van der Waals surface area contributed by atoms with E-state index in [1.54, 1.807) is 12.1 Å². The second-order valence-corrected chi connectivity index (χ2v) is 10.5. The van der Waals surface area contributed by atoms with Gasteiger partial charge in [0.15, 0.2) is 5.13 Å². The van der Waals surface area contributed by atoms with Crippen LogP contribution in [0, 0.1) is 6.92 Å². The standard InChI is InChI=1S/C23H25N3O5S2/c1-3-31-19-9-7-17(8-10-19)21-16(2)32-23(24-21)25-22(27)18-5-4-6-20(15-18)33(28,29)26-11-13-30-14-12-26/h4-10,15H,3,11-14H2,1-2H3,(H,24,25,27). The Morgan fingerprint density at radius 2 is 1.91 bits per heavy atom. The SMILES string of the molecule is CCOc1ccc(-c2nc(NC(=O)c3cccc(S(=O)(=O)N4CCOCC4)c3)sc2C)cc1. The van der Waals surface area contributed by atoms with Gasteiger partial charge in [-0.15, -0.1) is 11.3 Å². The fourth-order valence-electron chi connectivity index (χ4n) is 3.50. The van der Waals surface area contributed by atoms with E-state index in [2.05, 4.69) is 10.3 Å². The predicted molar refractivity (Wildman–Crippen MR) is 127 cm³/mol. The Hall–Kier alpha value is -2.79. The summed E-state index contributed by atoms with van der Waals surface area (Å²) in [6.45, 7) is 5.78. The molecule has 8 nitrogen and oxygen atoms in total. The van der Waals surface area contributed by atoms with Gasteiger partial charge in [-0.3, -0.25) is 10.1 Å². The first-order chi connectivity index (χ1) is 15.9. The summed E-state index contributed by atoms with van der Waals surface area (Å²) in [6.07, 6.45) is 0. The molecule has 0 atom stereocenters. The van der Waals surface area contributed by atoms with Crippen LogP contribution in [-0.4, -0.2) is 56.5 Å². The molecule has 0 spiro atoms. The van der Waals surface area contributed by atoms with E-state index in [-0.39, 0.29) is 10.5 Å². The lowest BCUT2D eigenvalue weighted by Crippen LogP contribution is -2.40. The Morgan fingerprint density at radius 1 is 1.18 bits per heavy atom. The van der Waals surface area contributed by atoms with Crippen molar-refractivity contribution in [1.29, 1.82) is 0 Å². The summed E-state index contributed by atoms with van der Waals surface area (Å²) in [5.41, 5.74) is 1.95. The molecular formula is C23H25N3O5S2. The van der Waals surface area contributed by atoms with Gasteiger partial charge < -0.3 is 9.47 Å². The molecule has 4 rings (SSSR count). The third-order valence-corrected chi connectivity index (χ3v) is 7.94. The molecule has 10 heteroatoms. The number of aryl methyl sites for hydroxylation is 1. The summed E-state index contributed by atoms with van der Waals surface area (Å²) in [4.78, 5) is 18.5. The maximum Gasteiger partial charge on any atom is 0.257 e.